The molecule has 0 aliphatic carbocycles. The van der Waals surface area contributed by atoms with E-state index in [0.29, 0.717) is 0 Å². The Kier molecular flexibility index (Phi) is 42.7. The number of thioether (sulfide) groups is 1. The Labute approximate surface area is 393 Å². The average Bonchev–Trinajstić information content (AvgIpc) is 3.58. The molecule has 1 heterocycles. The van der Waals surface area contributed by atoms with Crippen LogP contribution in [0.3, 0.4) is 0 Å². The fourth-order valence-electron chi connectivity index (χ4n) is 3.93. The van der Waals surface area contributed by atoms with Gasteiger partial charge in [-0.1, -0.05) is 0 Å². The van der Waals surface area contributed by atoms with E-state index < -0.39 is 110 Å². The minimum absolute atomic E-state index is 0. The molecule has 0 aromatic carbocycles. The molecule has 0 bridgehead atoms. The van der Waals surface area contributed by atoms with Crippen LogP contribution in [0.4, 0.5) is 0 Å². The van der Waals surface area contributed by atoms with E-state index in [9.17, 15) is 83.9 Å². The number of furan rings is 1. The van der Waals surface area contributed by atoms with Gasteiger partial charge in [-0.15, -0.1) is 0 Å². The van der Waals surface area contributed by atoms with Gasteiger partial charge < -0.3 is 83.4 Å². The van der Waals surface area contributed by atoms with Crippen molar-refractivity contribution in [2.75, 3.05) is 40.0 Å². The summed E-state index contributed by atoms with van der Waals surface area (Å²) in [6.07, 6.45) is -5.32. The Balaban J connectivity index is -0.000000237. The minimum atomic E-state index is -1.61. The van der Waals surface area contributed by atoms with Crippen molar-refractivity contribution in [1.29, 1.82) is 0 Å². The van der Waals surface area contributed by atoms with Gasteiger partial charge in [-0.25, -0.2) is 14.4 Å². The van der Waals surface area contributed by atoms with Gasteiger partial charge in [0, 0.05) is 91.6 Å². The second-order valence-electron chi connectivity index (χ2n) is 11.7. The first-order chi connectivity index (χ1) is 27.9. The molecule has 346 valence electrons. The molecule has 0 saturated heterocycles. The van der Waals surface area contributed by atoms with Crippen LogP contribution in [-0.2, 0) is 70.1 Å². The molecule has 28 nitrogen and oxygen atoms in total. The van der Waals surface area contributed by atoms with Gasteiger partial charge in [0.15, 0.2) is 0 Å². The third-order valence-corrected chi connectivity index (χ3v) is 7.48. The second kappa shape index (κ2) is 39.6. The summed E-state index contributed by atoms with van der Waals surface area (Å²) < 4.78 is 5.71. The van der Waals surface area contributed by atoms with Crippen molar-refractivity contribution in [3.8, 4) is 0 Å². The molecule has 1 rings (SSSR count). The SMILES string of the molecule is CNC(C[N+](=O)[O-])NCCSCc1ccc(CN(C)C)o1.O=C([O-])CC(CC(=O)[O-])C(=O)OO.O=C([O-])CC(CC(=O)[O-])C(=O)OO.O=C([O-])CC(CC(=O)[O-])C(=O)OO.[Bi+3].[Bi+3]. The topological polar surface area (TPSA) is 464 Å². The smallest absolute Gasteiger partial charge is 0.550 e. The van der Waals surface area contributed by atoms with Crippen LogP contribution < -0.4 is 41.3 Å². The molecule has 31 heteroatoms. The van der Waals surface area contributed by atoms with Gasteiger partial charge >= 0.3 is 70.3 Å². The molecule has 4 radical (unpaired) electrons. The summed E-state index contributed by atoms with van der Waals surface area (Å²) in [6, 6.07) is 4.00. The zero-order valence-electron chi connectivity index (χ0n) is 32.9. The van der Waals surface area contributed by atoms with Crippen molar-refractivity contribution < 1.29 is 114 Å². The first-order valence-electron chi connectivity index (χ1n) is 16.5. The predicted molar refractivity (Wildman–Crippen MR) is 191 cm³/mol. The van der Waals surface area contributed by atoms with Crippen LogP contribution >= 0.6 is 11.8 Å². The number of carbonyl (C=O) groups excluding carboxylic acids is 9. The number of nitrogens with one attached hydrogen (secondary N) is 2. The van der Waals surface area contributed by atoms with Crippen LogP contribution in [0, 0.1) is 27.9 Å². The van der Waals surface area contributed by atoms with Crippen molar-refractivity contribution >= 4 is 118 Å². The van der Waals surface area contributed by atoms with Gasteiger partial charge in [0.25, 0.3) is 0 Å². The Morgan fingerprint density at radius 3 is 1.26 bits per heavy atom. The summed E-state index contributed by atoms with van der Waals surface area (Å²) in [6.45, 7) is 1.40. The largest absolute Gasteiger partial charge is 3.00 e. The number of rotatable bonds is 26. The van der Waals surface area contributed by atoms with E-state index in [2.05, 4.69) is 30.2 Å². The maximum absolute atomic E-state index is 10.5. The summed E-state index contributed by atoms with van der Waals surface area (Å²) in [7, 11) is 5.72. The molecule has 0 aliphatic heterocycles. The fraction of sp³-hybridized carbons (Fsp3) is 0.581. The number of aliphatic carboxylic acids is 6. The predicted octanol–water partition coefficient (Wildman–Crippen LogP) is -9.08. The Bertz CT molecular complexity index is 1390. The standard InChI is InChI=1S/C13H24N4O3S.3C6H8O7.2Bi/c1-14-13(9-17(18)19)15-6-7-21-10-12-5-4-11(20-12)8-16(2)3;3*7-4(8)1-3(2-5(9)10)6(11)13-12;;/h4-5,13-15H,6-10H2,1-3H3;3*3,12H,1-2H2,(H,7,8)(H,9,10);;/q;;;;2*+3/p-6. The van der Waals surface area contributed by atoms with E-state index in [0.717, 1.165) is 36.1 Å². The molecule has 62 heavy (non-hydrogen) atoms. The Hall–Kier alpha value is -4.21. The number of hydrogen-bond acceptors (Lipinski definition) is 28. The van der Waals surface area contributed by atoms with E-state index in [1.165, 1.54) is 0 Å². The molecule has 1 aromatic rings. The number of nitro groups is 1. The van der Waals surface area contributed by atoms with Crippen LogP contribution in [0.2, 0.25) is 0 Å². The maximum atomic E-state index is 10.5. The third-order valence-electron chi connectivity index (χ3n) is 6.50. The normalized spacial score (nSPS) is 10.4. The third kappa shape index (κ3) is 39.9. The Morgan fingerprint density at radius 1 is 0.677 bits per heavy atom. The molecule has 0 aliphatic rings. The molecule has 0 fully saturated rings. The zero-order chi connectivity index (χ0) is 47.0. The van der Waals surface area contributed by atoms with Crippen molar-refractivity contribution in [1.82, 2.24) is 15.5 Å². The molecular weight excluding hydrogens is 1260 g/mol. The van der Waals surface area contributed by atoms with Gasteiger partial charge in [0.1, 0.15) is 17.7 Å². The summed E-state index contributed by atoms with van der Waals surface area (Å²) in [5, 5.41) is 100.0. The van der Waals surface area contributed by atoms with Gasteiger partial charge in [-0.2, -0.15) is 27.5 Å². The van der Waals surface area contributed by atoms with E-state index in [-0.39, 0.29) is 70.0 Å². The molecule has 0 saturated carbocycles. The van der Waals surface area contributed by atoms with Crippen LogP contribution in [-0.4, -0.2) is 178 Å². The number of carboxylic acids is 6. The van der Waals surface area contributed by atoms with Gasteiger partial charge in [-0.3, -0.25) is 20.7 Å². The van der Waals surface area contributed by atoms with Gasteiger partial charge in [0.05, 0.1) is 30.1 Å². The van der Waals surface area contributed by atoms with Crippen LogP contribution in [0.15, 0.2) is 16.5 Å². The van der Waals surface area contributed by atoms with Crippen molar-refractivity contribution in [3.63, 3.8) is 0 Å². The molecular formula is C31H42Bi2N4O24S. The maximum Gasteiger partial charge on any atom is 3.00 e. The van der Waals surface area contributed by atoms with Crippen LogP contribution in [0.25, 0.3) is 0 Å². The average molecular weight is 1300 g/mol. The number of nitrogens with zero attached hydrogens (tertiary/aromatic N) is 2. The van der Waals surface area contributed by atoms with E-state index in [1.807, 2.05) is 26.2 Å². The monoisotopic (exact) mass is 1300 g/mol. The summed E-state index contributed by atoms with van der Waals surface area (Å²) in [4.78, 5) is 113. The molecule has 1 atom stereocenters. The first-order valence-corrected chi connectivity index (χ1v) is 17.6. The minimum Gasteiger partial charge on any atom is -0.550 e. The van der Waals surface area contributed by atoms with E-state index >= 15 is 0 Å². The molecule has 0 spiro atoms. The second-order valence-corrected chi connectivity index (χ2v) is 12.9. The van der Waals surface area contributed by atoms with Crippen molar-refractivity contribution in [2.24, 2.45) is 17.8 Å². The molecule has 1 unspecified atom stereocenters. The van der Waals surface area contributed by atoms with Crippen molar-refractivity contribution in [3.05, 3.63) is 33.8 Å². The summed E-state index contributed by atoms with van der Waals surface area (Å²) in [5.74, 6) is -14.5. The first kappa shape index (κ1) is 66.9. The number of carboxylic acid groups (broad SMARTS) is 6. The molecule has 1 aromatic heterocycles. The quantitative estimate of drug-likeness (QED) is 0.0109. The molecule has 0 amide bonds. The van der Waals surface area contributed by atoms with Crippen molar-refractivity contribution in [2.45, 2.75) is 57.0 Å². The number of likely N-dealkylation sites (N-methyl/N-ethyl adjacent to an activating group) is 1. The summed E-state index contributed by atoms with van der Waals surface area (Å²) in [5.41, 5.74) is 0. The number of carbonyl (C=O) groups is 9. The van der Waals surface area contributed by atoms with Crippen LogP contribution in [0.1, 0.15) is 50.0 Å². The van der Waals surface area contributed by atoms with Gasteiger partial charge in [0.2, 0.25) is 6.54 Å². The van der Waals surface area contributed by atoms with Gasteiger partial charge in [-0.05, 0) is 33.3 Å². The van der Waals surface area contributed by atoms with E-state index in [4.69, 9.17) is 20.2 Å². The van der Waals surface area contributed by atoms with Crippen LogP contribution in [0.5, 0.6) is 0 Å². The van der Waals surface area contributed by atoms with E-state index in [1.54, 1.807) is 18.8 Å². The Morgan fingerprint density at radius 2 is 1.00 bits per heavy atom. The fourth-order valence-corrected chi connectivity index (χ4v) is 4.69. The number of hydrogen-bond donors (Lipinski definition) is 5. The zero-order valence-corrected chi connectivity index (χ0v) is 40.6. The molecule has 5 N–H and O–H groups in total. The summed E-state index contributed by atoms with van der Waals surface area (Å²) >= 11 is 1.74.